The van der Waals surface area contributed by atoms with Crippen molar-refractivity contribution in [3.05, 3.63) is 29.8 Å². The van der Waals surface area contributed by atoms with Gasteiger partial charge in [0.2, 0.25) is 0 Å². The van der Waals surface area contributed by atoms with Crippen LogP contribution >= 0.6 is 0 Å². The molecule has 0 radical (unpaired) electrons. The number of nitrogens with zero attached hydrogens (tertiary/aromatic N) is 1. The molecule has 0 fully saturated rings. The molecule has 5 nitrogen and oxygen atoms in total. The van der Waals surface area contributed by atoms with Gasteiger partial charge in [0, 0.05) is 24.3 Å². The Labute approximate surface area is 125 Å². The molecule has 0 unspecified atom stereocenters. The van der Waals surface area contributed by atoms with Crippen molar-refractivity contribution >= 4 is 12.0 Å². The summed E-state index contributed by atoms with van der Waals surface area (Å²) in [5.41, 5.74) is 0.722. The summed E-state index contributed by atoms with van der Waals surface area (Å²) in [6, 6.07) is 5.41. The van der Waals surface area contributed by atoms with Crippen molar-refractivity contribution in [2.24, 2.45) is 0 Å². The van der Waals surface area contributed by atoms with Crippen molar-refractivity contribution in [1.82, 2.24) is 4.90 Å². The molecule has 1 aromatic rings. The Bertz CT molecular complexity index is 483. The third-order valence-electron chi connectivity index (χ3n) is 2.66. The molecule has 0 saturated heterocycles. The van der Waals surface area contributed by atoms with E-state index in [4.69, 9.17) is 14.6 Å². The highest BCUT2D eigenvalue weighted by Gasteiger charge is 2.05. The molecule has 0 bridgehead atoms. The zero-order valence-corrected chi connectivity index (χ0v) is 12.8. The van der Waals surface area contributed by atoms with Gasteiger partial charge in [0.1, 0.15) is 18.1 Å². The van der Waals surface area contributed by atoms with Crippen LogP contribution in [0.2, 0.25) is 0 Å². The van der Waals surface area contributed by atoms with E-state index in [9.17, 15) is 4.79 Å². The van der Waals surface area contributed by atoms with Crippen LogP contribution in [0.15, 0.2) is 24.3 Å². The van der Waals surface area contributed by atoms with Crippen LogP contribution in [0.5, 0.6) is 11.5 Å². The number of carbonyl (C=O) groups is 1. The maximum Gasteiger partial charge on any atom is 0.328 e. The molecule has 116 valence electrons. The molecule has 0 amide bonds. The molecule has 1 rings (SSSR count). The van der Waals surface area contributed by atoms with Crippen LogP contribution in [0.3, 0.4) is 0 Å². The highest BCUT2D eigenvalue weighted by Crippen LogP contribution is 2.26. The van der Waals surface area contributed by atoms with Crippen molar-refractivity contribution in [2.45, 2.75) is 13.3 Å². The quantitative estimate of drug-likeness (QED) is 0.709. The second-order valence-electron chi connectivity index (χ2n) is 4.87. The van der Waals surface area contributed by atoms with E-state index in [1.54, 1.807) is 12.1 Å². The van der Waals surface area contributed by atoms with Gasteiger partial charge in [-0.2, -0.15) is 0 Å². The van der Waals surface area contributed by atoms with E-state index in [1.165, 1.54) is 6.08 Å². The summed E-state index contributed by atoms with van der Waals surface area (Å²) >= 11 is 0. The highest BCUT2D eigenvalue weighted by molar-refractivity contribution is 5.86. The molecule has 0 aliphatic rings. The molecule has 0 atom stereocenters. The lowest BCUT2D eigenvalue weighted by Gasteiger charge is -2.14. The van der Waals surface area contributed by atoms with Crippen LogP contribution in [0.25, 0.3) is 6.08 Å². The van der Waals surface area contributed by atoms with Gasteiger partial charge in [0.15, 0.2) is 0 Å². The standard InChI is InChI=1S/C16H23NO4/c1-4-10-20-14-7-5-13(6-8-16(18)19)15(12-14)21-11-9-17(2)3/h5-8,12H,4,9-11H2,1-3H3,(H,18,19)/b8-6+. The maximum atomic E-state index is 10.6. The largest absolute Gasteiger partial charge is 0.493 e. The first-order chi connectivity index (χ1) is 10.0. The summed E-state index contributed by atoms with van der Waals surface area (Å²) in [7, 11) is 3.94. The van der Waals surface area contributed by atoms with Crippen LogP contribution in [0.1, 0.15) is 18.9 Å². The summed E-state index contributed by atoms with van der Waals surface area (Å²) in [5, 5.41) is 8.73. The van der Waals surface area contributed by atoms with Crippen molar-refractivity contribution in [2.75, 3.05) is 33.9 Å². The predicted octanol–water partition coefficient (Wildman–Crippen LogP) is 2.51. The average Bonchev–Trinajstić information content (AvgIpc) is 2.43. The molecule has 0 heterocycles. The summed E-state index contributed by atoms with van der Waals surface area (Å²) < 4.78 is 11.3. The first kappa shape index (κ1) is 17.0. The zero-order valence-electron chi connectivity index (χ0n) is 12.8. The number of aliphatic carboxylic acids is 1. The molecular weight excluding hydrogens is 270 g/mol. The Morgan fingerprint density at radius 1 is 1.29 bits per heavy atom. The molecule has 0 spiro atoms. The van der Waals surface area contributed by atoms with Gasteiger partial charge < -0.3 is 19.5 Å². The average molecular weight is 293 g/mol. The minimum atomic E-state index is -0.986. The van der Waals surface area contributed by atoms with Crippen molar-refractivity contribution in [3.63, 3.8) is 0 Å². The van der Waals surface area contributed by atoms with Crippen LogP contribution in [-0.4, -0.2) is 49.8 Å². The van der Waals surface area contributed by atoms with Gasteiger partial charge in [0.05, 0.1) is 6.61 Å². The third kappa shape index (κ3) is 6.81. The molecule has 21 heavy (non-hydrogen) atoms. The molecule has 1 N–H and O–H groups in total. The topological polar surface area (TPSA) is 59.0 Å². The van der Waals surface area contributed by atoms with E-state index in [1.807, 2.05) is 32.0 Å². The first-order valence-electron chi connectivity index (χ1n) is 6.98. The van der Waals surface area contributed by atoms with E-state index < -0.39 is 5.97 Å². The number of rotatable bonds is 9. The summed E-state index contributed by atoms with van der Waals surface area (Å²) in [5.74, 6) is 0.368. The van der Waals surface area contributed by atoms with Gasteiger partial charge in [-0.3, -0.25) is 0 Å². The lowest BCUT2D eigenvalue weighted by Crippen LogP contribution is -2.19. The second-order valence-corrected chi connectivity index (χ2v) is 4.87. The number of benzene rings is 1. The fourth-order valence-corrected chi connectivity index (χ4v) is 1.59. The van der Waals surface area contributed by atoms with Crippen molar-refractivity contribution in [3.8, 4) is 11.5 Å². The van der Waals surface area contributed by atoms with Crippen LogP contribution in [0.4, 0.5) is 0 Å². The SMILES string of the molecule is CCCOc1ccc(/C=C/C(=O)O)c(OCCN(C)C)c1. The summed E-state index contributed by atoms with van der Waals surface area (Å²) in [4.78, 5) is 12.7. The molecule has 0 aromatic heterocycles. The summed E-state index contributed by atoms with van der Waals surface area (Å²) in [6.07, 6.45) is 3.55. The lowest BCUT2D eigenvalue weighted by molar-refractivity contribution is -0.131. The van der Waals surface area contributed by atoms with Gasteiger partial charge >= 0.3 is 5.97 Å². The Morgan fingerprint density at radius 2 is 2.05 bits per heavy atom. The fourth-order valence-electron chi connectivity index (χ4n) is 1.59. The number of hydrogen-bond acceptors (Lipinski definition) is 4. The molecular formula is C16H23NO4. The Morgan fingerprint density at radius 3 is 2.67 bits per heavy atom. The second kappa shape index (κ2) is 9.02. The van der Waals surface area contributed by atoms with Gasteiger partial charge in [0.25, 0.3) is 0 Å². The third-order valence-corrected chi connectivity index (χ3v) is 2.66. The van der Waals surface area contributed by atoms with E-state index in [0.717, 1.165) is 30.4 Å². The number of hydrogen-bond donors (Lipinski definition) is 1. The minimum absolute atomic E-state index is 0.526. The molecule has 1 aromatic carbocycles. The van der Waals surface area contributed by atoms with E-state index in [0.29, 0.717) is 19.0 Å². The number of ether oxygens (including phenoxy) is 2. The van der Waals surface area contributed by atoms with E-state index >= 15 is 0 Å². The van der Waals surface area contributed by atoms with Gasteiger partial charge in [-0.25, -0.2) is 4.79 Å². The van der Waals surface area contributed by atoms with Gasteiger partial charge in [-0.05, 0) is 38.7 Å². The van der Waals surface area contributed by atoms with Crippen molar-refractivity contribution in [1.29, 1.82) is 0 Å². The Balaban J connectivity index is 2.86. The molecule has 0 saturated carbocycles. The monoisotopic (exact) mass is 293 g/mol. The summed E-state index contributed by atoms with van der Waals surface area (Å²) in [6.45, 7) is 3.99. The minimum Gasteiger partial charge on any atom is -0.493 e. The number of carboxylic acids is 1. The van der Waals surface area contributed by atoms with Gasteiger partial charge in [-0.1, -0.05) is 6.92 Å². The van der Waals surface area contributed by atoms with E-state index in [2.05, 4.69) is 0 Å². The molecule has 5 heteroatoms. The van der Waals surface area contributed by atoms with Crippen LogP contribution in [-0.2, 0) is 4.79 Å². The zero-order chi connectivity index (χ0) is 15.7. The van der Waals surface area contributed by atoms with E-state index in [-0.39, 0.29) is 0 Å². The lowest BCUT2D eigenvalue weighted by atomic mass is 10.1. The van der Waals surface area contributed by atoms with Gasteiger partial charge in [-0.15, -0.1) is 0 Å². The number of carboxylic acid groups (broad SMARTS) is 1. The molecule has 0 aliphatic carbocycles. The van der Waals surface area contributed by atoms with Crippen molar-refractivity contribution < 1.29 is 19.4 Å². The normalized spacial score (nSPS) is 11.0. The fraction of sp³-hybridized carbons (Fsp3) is 0.438. The Hall–Kier alpha value is -2.01. The van der Waals surface area contributed by atoms with Crippen LogP contribution < -0.4 is 9.47 Å². The molecule has 0 aliphatic heterocycles. The van der Waals surface area contributed by atoms with Crippen LogP contribution in [0, 0.1) is 0 Å². The predicted molar refractivity (Wildman–Crippen MR) is 82.9 cm³/mol. The first-order valence-corrected chi connectivity index (χ1v) is 6.98. The highest BCUT2D eigenvalue weighted by atomic mass is 16.5. The smallest absolute Gasteiger partial charge is 0.328 e. The maximum absolute atomic E-state index is 10.6. The number of likely N-dealkylation sites (N-methyl/N-ethyl adjacent to an activating group) is 1. The Kier molecular flexibility index (Phi) is 7.32.